The van der Waals surface area contributed by atoms with E-state index >= 15 is 0 Å². The summed E-state index contributed by atoms with van der Waals surface area (Å²) < 4.78 is 6.47. The Morgan fingerprint density at radius 2 is 0.839 bits per heavy atom. The zero-order valence-corrected chi connectivity index (χ0v) is 22.1. The summed E-state index contributed by atoms with van der Waals surface area (Å²) in [6.45, 7) is 10.3. The van der Waals surface area contributed by atoms with Crippen molar-refractivity contribution in [1.82, 2.24) is 0 Å². The van der Waals surface area contributed by atoms with Gasteiger partial charge in [-0.2, -0.15) is 0 Å². The molecule has 1 N–H and O–H groups in total. The minimum absolute atomic E-state index is 0.504. The van der Waals surface area contributed by atoms with Crippen LogP contribution in [0.2, 0.25) is 0 Å². The largest absolute Gasteiger partial charge is 0.481 e. The van der Waals surface area contributed by atoms with Gasteiger partial charge in [-0.1, -0.05) is 130 Å². The van der Waals surface area contributed by atoms with Gasteiger partial charge in [0.05, 0.1) is 12.2 Å². The molecule has 0 fully saturated rings. The van der Waals surface area contributed by atoms with Crippen molar-refractivity contribution in [3.63, 3.8) is 0 Å². The smallest absolute Gasteiger partial charge is 0.300 e. The van der Waals surface area contributed by atoms with E-state index in [0.717, 1.165) is 6.92 Å². The fourth-order valence-electron chi connectivity index (χ4n) is 4.02. The van der Waals surface area contributed by atoms with Gasteiger partial charge in [0.1, 0.15) is 0 Å². The Morgan fingerprint density at radius 1 is 0.581 bits per heavy atom. The maximum absolute atomic E-state index is 9.00. The van der Waals surface area contributed by atoms with E-state index in [1.807, 2.05) is 0 Å². The maximum Gasteiger partial charge on any atom is 0.300 e. The minimum Gasteiger partial charge on any atom is -0.481 e. The van der Waals surface area contributed by atoms with Crippen LogP contribution in [0.5, 0.6) is 0 Å². The number of aliphatic carboxylic acids is 1. The molecule has 188 valence electrons. The molecule has 3 heteroatoms. The Hall–Kier alpha value is -0.570. The average molecular weight is 443 g/mol. The van der Waals surface area contributed by atoms with Gasteiger partial charge < -0.3 is 9.84 Å². The summed E-state index contributed by atoms with van der Waals surface area (Å²) in [7, 11) is 0. The fourth-order valence-corrected chi connectivity index (χ4v) is 4.02. The molecular weight excluding hydrogens is 384 g/mol. The first kappa shape index (κ1) is 32.6. The first-order valence-corrected chi connectivity index (χ1v) is 13.9. The number of rotatable bonds is 22. The third-order valence-electron chi connectivity index (χ3n) is 6.05. The maximum atomic E-state index is 9.00. The third kappa shape index (κ3) is 29.4. The molecule has 0 aliphatic rings. The van der Waals surface area contributed by atoms with Crippen LogP contribution < -0.4 is 0 Å². The van der Waals surface area contributed by atoms with Gasteiger partial charge in [0.15, 0.2) is 0 Å². The number of carbonyl (C=O) groups is 1. The Balaban J connectivity index is 0. The van der Waals surface area contributed by atoms with Crippen LogP contribution in [-0.4, -0.2) is 23.3 Å². The van der Waals surface area contributed by atoms with E-state index in [1.165, 1.54) is 128 Å². The highest BCUT2D eigenvalue weighted by atomic mass is 16.5. The number of hydrogen-bond donors (Lipinski definition) is 1. The fraction of sp³-hybridized carbons (Fsp3) is 0.964. The average Bonchev–Trinajstić information content (AvgIpc) is 2.74. The Morgan fingerprint density at radius 3 is 1.10 bits per heavy atom. The molecule has 3 nitrogen and oxygen atoms in total. The number of ether oxygens (including phenoxy) is 1. The van der Waals surface area contributed by atoms with E-state index in [2.05, 4.69) is 27.7 Å². The quantitative estimate of drug-likeness (QED) is 0.170. The van der Waals surface area contributed by atoms with Crippen LogP contribution in [-0.2, 0) is 9.53 Å². The molecule has 0 aromatic rings. The highest BCUT2D eigenvalue weighted by molar-refractivity contribution is 5.62. The van der Waals surface area contributed by atoms with Crippen molar-refractivity contribution >= 4 is 5.97 Å². The van der Waals surface area contributed by atoms with Crippen LogP contribution in [0, 0.1) is 0 Å². The van der Waals surface area contributed by atoms with E-state index in [1.54, 1.807) is 0 Å². The van der Waals surface area contributed by atoms with Crippen molar-refractivity contribution in [2.45, 2.75) is 175 Å². The first-order chi connectivity index (χ1) is 15.0. The summed E-state index contributed by atoms with van der Waals surface area (Å²) in [6.07, 6.45) is 28.5. The van der Waals surface area contributed by atoms with Crippen LogP contribution in [0.3, 0.4) is 0 Å². The summed E-state index contributed by atoms with van der Waals surface area (Å²) in [5.41, 5.74) is 0. The highest BCUT2D eigenvalue weighted by Gasteiger charge is 2.13. The second-order valence-electron chi connectivity index (χ2n) is 9.24. The number of hydrogen-bond acceptors (Lipinski definition) is 2. The van der Waals surface area contributed by atoms with Gasteiger partial charge in [0.2, 0.25) is 0 Å². The van der Waals surface area contributed by atoms with Gasteiger partial charge in [0.25, 0.3) is 5.97 Å². The number of carboxylic acid groups (broad SMARTS) is 1. The molecule has 0 aromatic heterocycles. The van der Waals surface area contributed by atoms with Crippen LogP contribution in [0.25, 0.3) is 0 Å². The standard InChI is InChI=1S/C26H54O.C2H4O2/c1-5-9-11-13-15-17-19-21-23-25(7-3)27-26(8-4)24-22-20-18-16-14-12-10-6-2;1-2(3)4/h25-26H,5-24H2,1-4H3;1H3,(H,3,4). The Bertz CT molecular complexity index is 313. The van der Waals surface area contributed by atoms with Gasteiger partial charge >= 0.3 is 0 Å². The molecule has 0 saturated carbocycles. The molecule has 0 heterocycles. The predicted octanol–water partition coefficient (Wildman–Crippen LogP) is 9.71. The van der Waals surface area contributed by atoms with Gasteiger partial charge in [-0.25, -0.2) is 0 Å². The summed E-state index contributed by atoms with van der Waals surface area (Å²) >= 11 is 0. The van der Waals surface area contributed by atoms with Crippen molar-refractivity contribution in [3.8, 4) is 0 Å². The molecule has 0 amide bonds. The predicted molar refractivity (Wildman–Crippen MR) is 137 cm³/mol. The molecule has 2 unspecified atom stereocenters. The molecule has 0 saturated heterocycles. The lowest BCUT2D eigenvalue weighted by Crippen LogP contribution is -2.21. The second kappa shape index (κ2) is 27.5. The van der Waals surface area contributed by atoms with Crippen LogP contribution in [0.4, 0.5) is 0 Å². The van der Waals surface area contributed by atoms with Gasteiger partial charge in [-0.05, 0) is 25.7 Å². The molecule has 0 spiro atoms. The van der Waals surface area contributed by atoms with Gasteiger partial charge in [0, 0.05) is 6.92 Å². The summed E-state index contributed by atoms with van der Waals surface area (Å²) in [6, 6.07) is 0. The zero-order chi connectivity index (χ0) is 23.6. The normalized spacial score (nSPS) is 12.8. The molecule has 0 rings (SSSR count). The van der Waals surface area contributed by atoms with Crippen LogP contribution >= 0.6 is 0 Å². The Labute approximate surface area is 196 Å². The van der Waals surface area contributed by atoms with E-state index in [0.29, 0.717) is 12.2 Å². The van der Waals surface area contributed by atoms with Crippen molar-refractivity contribution < 1.29 is 14.6 Å². The zero-order valence-electron chi connectivity index (χ0n) is 22.1. The first-order valence-electron chi connectivity index (χ1n) is 13.9. The molecule has 0 aromatic carbocycles. The van der Waals surface area contributed by atoms with Crippen molar-refractivity contribution in [3.05, 3.63) is 0 Å². The minimum atomic E-state index is -0.833. The molecule has 0 aliphatic heterocycles. The van der Waals surface area contributed by atoms with E-state index < -0.39 is 5.97 Å². The molecule has 0 bridgehead atoms. The molecular formula is C28H58O3. The SMILES string of the molecule is CC(=O)O.CCCCCCCCCCC(CC)OC(CC)CCCCCCCCCC. The molecule has 0 aliphatic carbocycles. The van der Waals surface area contributed by atoms with Crippen molar-refractivity contribution in [2.24, 2.45) is 0 Å². The summed E-state index contributed by atoms with van der Waals surface area (Å²) in [5, 5.41) is 7.42. The Kier molecular flexibility index (Phi) is 28.9. The molecule has 2 atom stereocenters. The van der Waals surface area contributed by atoms with Crippen LogP contribution in [0.1, 0.15) is 163 Å². The highest BCUT2D eigenvalue weighted by Crippen LogP contribution is 2.19. The lowest BCUT2D eigenvalue weighted by Gasteiger charge is -2.23. The topological polar surface area (TPSA) is 46.5 Å². The third-order valence-corrected chi connectivity index (χ3v) is 6.05. The molecule has 0 radical (unpaired) electrons. The summed E-state index contributed by atoms with van der Waals surface area (Å²) in [5.74, 6) is -0.833. The van der Waals surface area contributed by atoms with Gasteiger partial charge in [-0.15, -0.1) is 0 Å². The lowest BCUT2D eigenvalue weighted by molar-refractivity contribution is -0.134. The monoisotopic (exact) mass is 442 g/mol. The van der Waals surface area contributed by atoms with Crippen LogP contribution in [0.15, 0.2) is 0 Å². The van der Waals surface area contributed by atoms with Crippen molar-refractivity contribution in [2.75, 3.05) is 0 Å². The van der Waals surface area contributed by atoms with Gasteiger partial charge in [-0.3, -0.25) is 4.79 Å². The summed E-state index contributed by atoms with van der Waals surface area (Å²) in [4.78, 5) is 9.00. The number of unbranched alkanes of at least 4 members (excludes halogenated alkanes) is 14. The van der Waals surface area contributed by atoms with E-state index in [4.69, 9.17) is 14.6 Å². The molecule has 31 heavy (non-hydrogen) atoms. The van der Waals surface area contributed by atoms with E-state index in [9.17, 15) is 0 Å². The second-order valence-corrected chi connectivity index (χ2v) is 9.24. The van der Waals surface area contributed by atoms with Crippen molar-refractivity contribution in [1.29, 1.82) is 0 Å². The van der Waals surface area contributed by atoms with E-state index in [-0.39, 0.29) is 0 Å². The number of carboxylic acids is 1. The lowest BCUT2D eigenvalue weighted by atomic mass is 10.0.